The zero-order chi connectivity index (χ0) is 18.5. The van der Waals surface area contributed by atoms with Gasteiger partial charge in [-0.1, -0.05) is 11.6 Å². The lowest BCUT2D eigenvalue weighted by Crippen LogP contribution is -2.26. The third-order valence-corrected chi connectivity index (χ3v) is 4.45. The second-order valence-corrected chi connectivity index (χ2v) is 6.92. The molecule has 0 atom stereocenters. The van der Waals surface area contributed by atoms with Crippen molar-refractivity contribution in [3.05, 3.63) is 51.9 Å². The first-order valence-electron chi connectivity index (χ1n) is 9.23. The molecule has 0 aliphatic heterocycles. The first kappa shape index (κ1) is 18.2. The van der Waals surface area contributed by atoms with E-state index in [0.717, 1.165) is 19.3 Å². The second kappa shape index (κ2) is 8.21. The van der Waals surface area contributed by atoms with Crippen molar-refractivity contribution >= 4 is 16.9 Å². The van der Waals surface area contributed by atoms with Gasteiger partial charge in [-0.3, -0.25) is 4.79 Å². The highest BCUT2D eigenvalue weighted by molar-refractivity contribution is 6.05. The molecule has 26 heavy (non-hydrogen) atoms. The fraction of sp³-hybridized carbons (Fsp3) is 0.429. The standard InChI is InChI=1S/C21H25NO4/c1-14(2)25-16-8-9-17-18(13-20(23)26-19(17)12-16)21(24)22-11-10-15-6-4-3-5-7-15/h6,8-9,12-14H,3-5,7,10-11H2,1-2H3,(H,22,24). The molecular weight excluding hydrogens is 330 g/mol. The fourth-order valence-electron chi connectivity index (χ4n) is 3.24. The van der Waals surface area contributed by atoms with Crippen molar-refractivity contribution in [3.63, 3.8) is 0 Å². The first-order valence-corrected chi connectivity index (χ1v) is 9.23. The zero-order valence-corrected chi connectivity index (χ0v) is 15.3. The molecule has 0 fully saturated rings. The van der Waals surface area contributed by atoms with Crippen LogP contribution in [0.5, 0.6) is 5.75 Å². The monoisotopic (exact) mass is 355 g/mol. The van der Waals surface area contributed by atoms with Gasteiger partial charge >= 0.3 is 5.63 Å². The van der Waals surface area contributed by atoms with E-state index in [-0.39, 0.29) is 12.0 Å². The van der Waals surface area contributed by atoms with Crippen LogP contribution in [0.4, 0.5) is 0 Å². The number of carbonyl (C=O) groups excluding carboxylic acids is 1. The third kappa shape index (κ3) is 4.54. The minimum atomic E-state index is -0.542. The van der Waals surface area contributed by atoms with Crippen molar-refractivity contribution in [1.29, 1.82) is 0 Å². The molecule has 1 N–H and O–H groups in total. The van der Waals surface area contributed by atoms with Crippen molar-refractivity contribution in [3.8, 4) is 5.75 Å². The van der Waals surface area contributed by atoms with Gasteiger partial charge in [0.05, 0.1) is 11.7 Å². The highest BCUT2D eigenvalue weighted by Crippen LogP contribution is 2.24. The van der Waals surface area contributed by atoms with E-state index in [0.29, 0.717) is 28.8 Å². The number of carbonyl (C=O) groups is 1. The van der Waals surface area contributed by atoms with Crippen LogP contribution in [0.1, 0.15) is 56.3 Å². The molecule has 0 radical (unpaired) electrons. The Morgan fingerprint density at radius 1 is 1.27 bits per heavy atom. The van der Waals surface area contributed by atoms with Gasteiger partial charge < -0.3 is 14.5 Å². The summed E-state index contributed by atoms with van der Waals surface area (Å²) in [7, 11) is 0. The van der Waals surface area contributed by atoms with E-state index in [2.05, 4.69) is 11.4 Å². The van der Waals surface area contributed by atoms with Gasteiger partial charge in [-0.05, 0) is 58.1 Å². The quantitative estimate of drug-likeness (QED) is 0.623. The molecular formula is C21H25NO4. The van der Waals surface area contributed by atoms with Crippen LogP contribution in [0, 0.1) is 0 Å². The first-order chi connectivity index (χ1) is 12.5. The smallest absolute Gasteiger partial charge is 0.337 e. The molecule has 138 valence electrons. The van der Waals surface area contributed by atoms with Gasteiger partial charge in [0.15, 0.2) is 0 Å². The maximum Gasteiger partial charge on any atom is 0.337 e. The molecule has 1 aromatic carbocycles. The molecule has 0 bridgehead atoms. The number of allylic oxidation sites excluding steroid dienone is 1. The molecule has 5 heteroatoms. The molecule has 0 saturated heterocycles. The summed E-state index contributed by atoms with van der Waals surface area (Å²) in [4.78, 5) is 24.4. The number of ether oxygens (including phenoxy) is 1. The van der Waals surface area contributed by atoms with Crippen LogP contribution in [0.15, 0.2) is 45.1 Å². The van der Waals surface area contributed by atoms with Gasteiger partial charge in [0, 0.05) is 24.1 Å². The van der Waals surface area contributed by atoms with Crippen molar-refractivity contribution < 1.29 is 13.9 Å². The topological polar surface area (TPSA) is 68.5 Å². The molecule has 3 rings (SSSR count). The maximum absolute atomic E-state index is 12.6. The predicted molar refractivity (Wildman–Crippen MR) is 102 cm³/mol. The molecule has 1 heterocycles. The number of amides is 1. The molecule has 0 unspecified atom stereocenters. The van der Waals surface area contributed by atoms with Gasteiger partial charge in [-0.15, -0.1) is 0 Å². The van der Waals surface area contributed by atoms with E-state index in [4.69, 9.17) is 9.15 Å². The summed E-state index contributed by atoms with van der Waals surface area (Å²) in [5.74, 6) is 0.356. The van der Waals surface area contributed by atoms with Crippen LogP contribution >= 0.6 is 0 Å². The van der Waals surface area contributed by atoms with Gasteiger partial charge in [-0.2, -0.15) is 0 Å². The lowest BCUT2D eigenvalue weighted by molar-refractivity contribution is 0.0955. The summed E-state index contributed by atoms with van der Waals surface area (Å²) >= 11 is 0. The molecule has 0 saturated carbocycles. The summed E-state index contributed by atoms with van der Waals surface area (Å²) in [5.41, 5.74) is 1.56. The van der Waals surface area contributed by atoms with Crippen LogP contribution < -0.4 is 15.7 Å². The molecule has 0 spiro atoms. The number of hydrogen-bond donors (Lipinski definition) is 1. The lowest BCUT2D eigenvalue weighted by atomic mass is 9.97. The predicted octanol–water partition coefficient (Wildman–Crippen LogP) is 4.20. The number of nitrogens with one attached hydrogen (secondary N) is 1. The van der Waals surface area contributed by atoms with E-state index in [1.54, 1.807) is 18.2 Å². The second-order valence-electron chi connectivity index (χ2n) is 6.92. The summed E-state index contributed by atoms with van der Waals surface area (Å²) in [6, 6.07) is 6.45. The minimum Gasteiger partial charge on any atom is -0.491 e. The summed E-state index contributed by atoms with van der Waals surface area (Å²) < 4.78 is 10.9. The maximum atomic E-state index is 12.6. The Balaban J connectivity index is 1.76. The Kier molecular flexibility index (Phi) is 5.76. The Bertz CT molecular complexity index is 879. The van der Waals surface area contributed by atoms with Gasteiger partial charge in [0.25, 0.3) is 5.91 Å². The van der Waals surface area contributed by atoms with Gasteiger partial charge in [0.2, 0.25) is 0 Å². The molecule has 1 aromatic heterocycles. The minimum absolute atomic E-state index is 0.0137. The highest BCUT2D eigenvalue weighted by atomic mass is 16.5. The number of rotatable bonds is 6. The molecule has 5 nitrogen and oxygen atoms in total. The number of benzene rings is 1. The normalized spacial score (nSPS) is 14.3. The molecule has 1 aliphatic rings. The van der Waals surface area contributed by atoms with E-state index in [9.17, 15) is 9.59 Å². The van der Waals surface area contributed by atoms with Crippen molar-refractivity contribution in [1.82, 2.24) is 5.32 Å². The average Bonchev–Trinajstić information content (AvgIpc) is 2.61. The van der Waals surface area contributed by atoms with Crippen LogP contribution in [0.2, 0.25) is 0 Å². The summed E-state index contributed by atoms with van der Waals surface area (Å²) in [6.07, 6.45) is 7.88. The highest BCUT2D eigenvalue weighted by Gasteiger charge is 2.14. The van der Waals surface area contributed by atoms with E-state index in [1.165, 1.54) is 24.5 Å². The third-order valence-electron chi connectivity index (χ3n) is 4.45. The zero-order valence-electron chi connectivity index (χ0n) is 15.3. The lowest BCUT2D eigenvalue weighted by Gasteiger charge is -2.13. The van der Waals surface area contributed by atoms with Crippen LogP contribution in [-0.4, -0.2) is 18.6 Å². The van der Waals surface area contributed by atoms with E-state index >= 15 is 0 Å². The Hall–Kier alpha value is -2.56. The molecule has 1 amide bonds. The van der Waals surface area contributed by atoms with Gasteiger partial charge in [0.1, 0.15) is 11.3 Å². The van der Waals surface area contributed by atoms with E-state index in [1.807, 2.05) is 13.8 Å². The SMILES string of the molecule is CC(C)Oc1ccc2c(C(=O)NCCC3=CCCCC3)cc(=O)oc2c1. The Morgan fingerprint density at radius 3 is 2.85 bits per heavy atom. The Labute approximate surface area is 153 Å². The summed E-state index contributed by atoms with van der Waals surface area (Å²) in [5, 5.41) is 3.53. The average molecular weight is 355 g/mol. The Morgan fingerprint density at radius 2 is 2.12 bits per heavy atom. The van der Waals surface area contributed by atoms with Crippen LogP contribution in [0.25, 0.3) is 11.0 Å². The van der Waals surface area contributed by atoms with Crippen LogP contribution in [-0.2, 0) is 0 Å². The largest absolute Gasteiger partial charge is 0.491 e. The van der Waals surface area contributed by atoms with Crippen LogP contribution in [0.3, 0.4) is 0 Å². The fourth-order valence-corrected chi connectivity index (χ4v) is 3.24. The van der Waals surface area contributed by atoms with Crippen molar-refractivity contribution in [2.75, 3.05) is 6.54 Å². The van der Waals surface area contributed by atoms with E-state index < -0.39 is 5.63 Å². The van der Waals surface area contributed by atoms with Gasteiger partial charge in [-0.25, -0.2) is 4.79 Å². The number of fused-ring (bicyclic) bond motifs is 1. The van der Waals surface area contributed by atoms with Crippen molar-refractivity contribution in [2.45, 2.75) is 52.1 Å². The number of hydrogen-bond acceptors (Lipinski definition) is 4. The molecule has 2 aromatic rings. The van der Waals surface area contributed by atoms with Crippen molar-refractivity contribution in [2.24, 2.45) is 0 Å². The molecule has 1 aliphatic carbocycles. The summed E-state index contributed by atoms with van der Waals surface area (Å²) in [6.45, 7) is 4.42.